The normalized spacial score (nSPS) is 11.0. The molecule has 1 aliphatic rings. The highest BCUT2D eigenvalue weighted by Gasteiger charge is 2.19. The first-order valence-electron chi connectivity index (χ1n) is 8.92. The van der Waals surface area contributed by atoms with Gasteiger partial charge in [-0.3, -0.25) is 0 Å². The molecule has 0 aromatic heterocycles. The molecule has 0 radical (unpaired) electrons. The van der Waals surface area contributed by atoms with Crippen LogP contribution in [0.25, 0.3) is 0 Å². The molecule has 3 rings (SSSR count). The lowest BCUT2D eigenvalue weighted by Crippen LogP contribution is -1.93. The lowest BCUT2D eigenvalue weighted by atomic mass is 10.1. The van der Waals surface area contributed by atoms with Crippen molar-refractivity contribution in [3.8, 4) is 52.4 Å². The molecule has 2 aromatic carbocycles. The fourth-order valence-corrected chi connectivity index (χ4v) is 2.68. The molecule has 0 unspecified atom stereocenters. The van der Waals surface area contributed by atoms with Gasteiger partial charge in [0, 0.05) is 36.1 Å². The Morgan fingerprint density at radius 3 is 2.04 bits per heavy atom. The molecule has 0 saturated heterocycles. The average molecular weight is 378 g/mol. The number of methoxy groups -OCH3 is 3. The van der Waals surface area contributed by atoms with Gasteiger partial charge in [-0.15, -0.1) is 0 Å². The molecule has 1 aliphatic heterocycles. The summed E-state index contributed by atoms with van der Waals surface area (Å²) in [6, 6.07) is 9.33. The zero-order valence-corrected chi connectivity index (χ0v) is 16.3. The van der Waals surface area contributed by atoms with Crippen molar-refractivity contribution in [1.82, 2.24) is 0 Å². The molecule has 0 bridgehead atoms. The summed E-state index contributed by atoms with van der Waals surface area (Å²) in [7, 11) is 4.85. The summed E-state index contributed by atoms with van der Waals surface area (Å²) in [6.45, 7) is 0.209. The van der Waals surface area contributed by atoms with Gasteiger partial charge in [-0.25, -0.2) is 0 Å². The summed E-state index contributed by atoms with van der Waals surface area (Å²) in [5, 5.41) is 0. The van der Waals surface area contributed by atoms with Crippen molar-refractivity contribution < 1.29 is 23.7 Å². The van der Waals surface area contributed by atoms with Gasteiger partial charge in [0.25, 0.3) is 0 Å². The Morgan fingerprint density at radius 2 is 1.43 bits per heavy atom. The molecule has 28 heavy (non-hydrogen) atoms. The minimum absolute atomic E-state index is 0.209. The molecule has 5 heteroatoms. The van der Waals surface area contributed by atoms with Gasteiger partial charge in [0.1, 0.15) is 11.5 Å². The molecule has 0 fully saturated rings. The highest BCUT2D eigenvalue weighted by atomic mass is 16.7. The van der Waals surface area contributed by atoms with E-state index in [0.717, 1.165) is 41.9 Å². The van der Waals surface area contributed by atoms with Crippen LogP contribution in [0.15, 0.2) is 30.3 Å². The van der Waals surface area contributed by atoms with Crippen LogP contribution in [0, 0.1) is 23.7 Å². The highest BCUT2D eigenvalue weighted by molar-refractivity contribution is 5.58. The topological polar surface area (TPSA) is 46.2 Å². The number of rotatable bonds is 5. The van der Waals surface area contributed by atoms with E-state index in [2.05, 4.69) is 23.7 Å². The van der Waals surface area contributed by atoms with Gasteiger partial charge in [0.2, 0.25) is 12.5 Å². The Bertz CT molecular complexity index is 934. The van der Waals surface area contributed by atoms with Crippen molar-refractivity contribution in [2.75, 3.05) is 28.1 Å². The fraction of sp³-hybridized carbons (Fsp3) is 0.304. The van der Waals surface area contributed by atoms with E-state index in [-0.39, 0.29) is 6.79 Å². The van der Waals surface area contributed by atoms with Crippen LogP contribution in [-0.2, 0) is 0 Å². The van der Waals surface area contributed by atoms with Gasteiger partial charge in [-0.1, -0.05) is 23.7 Å². The second-order valence-electron chi connectivity index (χ2n) is 5.97. The van der Waals surface area contributed by atoms with Crippen molar-refractivity contribution >= 4 is 0 Å². The molecule has 144 valence electrons. The van der Waals surface area contributed by atoms with E-state index in [1.165, 1.54) is 0 Å². The second-order valence-corrected chi connectivity index (χ2v) is 5.97. The third-order valence-corrected chi connectivity index (χ3v) is 4.08. The average Bonchev–Trinajstić information content (AvgIpc) is 3.20. The molecule has 5 nitrogen and oxygen atoms in total. The van der Waals surface area contributed by atoms with Gasteiger partial charge in [-0.2, -0.15) is 0 Å². The van der Waals surface area contributed by atoms with Crippen molar-refractivity contribution in [3.05, 3.63) is 41.5 Å². The quantitative estimate of drug-likeness (QED) is 0.581. The molecule has 0 atom stereocenters. The van der Waals surface area contributed by atoms with E-state index in [4.69, 9.17) is 23.7 Å². The number of hydrogen-bond donors (Lipinski definition) is 0. The van der Waals surface area contributed by atoms with E-state index in [1.807, 2.05) is 30.3 Å². The molecule has 0 saturated carbocycles. The summed E-state index contributed by atoms with van der Waals surface area (Å²) < 4.78 is 26.6. The Labute approximate surface area is 165 Å². The number of ether oxygens (including phenoxy) is 5. The number of hydrogen-bond acceptors (Lipinski definition) is 5. The number of unbranched alkanes of at least 4 members (excludes halogenated alkanes) is 2. The van der Waals surface area contributed by atoms with Crippen LogP contribution >= 0.6 is 0 Å². The maximum atomic E-state index is 5.41. The van der Waals surface area contributed by atoms with Gasteiger partial charge in [-0.05, 0) is 24.6 Å². The molecule has 1 heterocycles. The van der Waals surface area contributed by atoms with Crippen molar-refractivity contribution in [1.29, 1.82) is 0 Å². The lowest BCUT2D eigenvalue weighted by Gasteiger charge is -2.04. The Morgan fingerprint density at radius 1 is 0.786 bits per heavy atom. The van der Waals surface area contributed by atoms with E-state index in [9.17, 15) is 0 Å². The highest BCUT2D eigenvalue weighted by Crippen LogP contribution is 2.41. The second kappa shape index (κ2) is 9.48. The maximum Gasteiger partial charge on any atom is 0.231 e. The summed E-state index contributed by atoms with van der Waals surface area (Å²) in [5.74, 6) is 16.0. The smallest absolute Gasteiger partial charge is 0.231 e. The minimum Gasteiger partial charge on any atom is -0.497 e. The Balaban J connectivity index is 1.54. The van der Waals surface area contributed by atoms with Crippen LogP contribution in [0.4, 0.5) is 0 Å². The van der Waals surface area contributed by atoms with E-state index >= 15 is 0 Å². The molecule has 0 aliphatic carbocycles. The maximum absolute atomic E-state index is 5.41. The van der Waals surface area contributed by atoms with Crippen LogP contribution < -0.4 is 23.7 Å². The van der Waals surface area contributed by atoms with E-state index in [0.29, 0.717) is 17.2 Å². The predicted molar refractivity (Wildman–Crippen MR) is 106 cm³/mol. The first kappa shape index (κ1) is 19.3. The third-order valence-electron chi connectivity index (χ3n) is 4.08. The summed E-state index contributed by atoms with van der Waals surface area (Å²) >= 11 is 0. The third kappa shape index (κ3) is 4.84. The predicted octanol–water partition coefficient (Wildman–Crippen LogP) is 4.01. The summed E-state index contributed by atoms with van der Waals surface area (Å²) in [6.07, 6.45) is 2.41. The monoisotopic (exact) mass is 378 g/mol. The van der Waals surface area contributed by atoms with Crippen LogP contribution in [0.2, 0.25) is 0 Å². The first-order valence-corrected chi connectivity index (χ1v) is 8.92. The number of fused-ring (bicyclic) bond motifs is 1. The van der Waals surface area contributed by atoms with E-state index < -0.39 is 0 Å². The SMILES string of the molecule is COc1cc(C#CCCCC#Cc2cc(OC)c3c(c2)OCO3)cc(OC)c1. The zero-order valence-electron chi connectivity index (χ0n) is 16.3. The van der Waals surface area contributed by atoms with Crippen LogP contribution in [0.5, 0.6) is 28.7 Å². The first-order chi connectivity index (χ1) is 13.7. The van der Waals surface area contributed by atoms with Gasteiger partial charge >= 0.3 is 0 Å². The van der Waals surface area contributed by atoms with Crippen molar-refractivity contribution in [2.45, 2.75) is 19.3 Å². The number of benzene rings is 2. The van der Waals surface area contributed by atoms with Crippen LogP contribution in [0.3, 0.4) is 0 Å². The van der Waals surface area contributed by atoms with Gasteiger partial charge in [0.05, 0.1) is 21.3 Å². The molecule has 0 spiro atoms. The van der Waals surface area contributed by atoms with Crippen molar-refractivity contribution in [3.63, 3.8) is 0 Å². The standard InChI is InChI=1S/C23H22O5/c1-24-19-11-17(12-20(15-19)25-2)9-7-5-4-6-8-10-18-13-21(26-3)23-22(14-18)27-16-28-23/h11-15H,4-6,16H2,1-3H3. The molecular weight excluding hydrogens is 356 g/mol. The van der Waals surface area contributed by atoms with E-state index in [1.54, 1.807) is 21.3 Å². The Kier molecular flexibility index (Phi) is 6.54. The molecule has 2 aromatic rings. The van der Waals surface area contributed by atoms with Crippen LogP contribution in [-0.4, -0.2) is 28.1 Å². The van der Waals surface area contributed by atoms with Crippen molar-refractivity contribution in [2.24, 2.45) is 0 Å². The van der Waals surface area contributed by atoms with Crippen LogP contribution in [0.1, 0.15) is 30.4 Å². The minimum atomic E-state index is 0.209. The lowest BCUT2D eigenvalue weighted by molar-refractivity contribution is 0.171. The zero-order chi connectivity index (χ0) is 19.8. The van der Waals surface area contributed by atoms with Gasteiger partial charge < -0.3 is 23.7 Å². The summed E-state index contributed by atoms with van der Waals surface area (Å²) in [4.78, 5) is 0. The molecule has 0 N–H and O–H groups in total. The Hall–Kier alpha value is -3.44. The molecule has 0 amide bonds. The van der Waals surface area contributed by atoms with Gasteiger partial charge in [0.15, 0.2) is 11.5 Å². The summed E-state index contributed by atoms with van der Waals surface area (Å²) in [5.41, 5.74) is 1.71. The largest absolute Gasteiger partial charge is 0.497 e. The fourth-order valence-electron chi connectivity index (χ4n) is 2.68. The molecular formula is C23H22O5.